The van der Waals surface area contributed by atoms with Crippen molar-refractivity contribution in [2.24, 2.45) is 10.9 Å². The van der Waals surface area contributed by atoms with Crippen molar-refractivity contribution >= 4 is 27.7 Å². The first-order valence-corrected chi connectivity index (χ1v) is 9.08. The van der Waals surface area contributed by atoms with Crippen LogP contribution in [-0.2, 0) is 11.4 Å². The summed E-state index contributed by atoms with van der Waals surface area (Å²) in [6.07, 6.45) is 0. The number of rotatable bonds is 6. The number of hydrogen-bond acceptors (Lipinski definition) is 4. The minimum atomic E-state index is -0.657. The van der Waals surface area contributed by atoms with E-state index in [1.54, 1.807) is 18.2 Å². The summed E-state index contributed by atoms with van der Waals surface area (Å²) in [5.74, 6) is -0.359. The Hall–Kier alpha value is -3.19. The van der Waals surface area contributed by atoms with Crippen molar-refractivity contribution in [1.82, 2.24) is 0 Å². The van der Waals surface area contributed by atoms with Crippen LogP contribution in [0.5, 0.6) is 5.75 Å². The molecule has 0 amide bonds. The average molecular weight is 443 g/mol. The van der Waals surface area contributed by atoms with E-state index in [0.29, 0.717) is 23.5 Å². The number of nitrogens with two attached hydrogens (primary N) is 1. The quantitative estimate of drug-likeness (QED) is 0.261. The fraction of sp³-hybridized carbons (Fsp3) is 0.0476. The maximum atomic E-state index is 12.9. The van der Waals surface area contributed by atoms with Crippen LogP contribution in [0.4, 0.5) is 4.39 Å². The molecule has 0 spiro atoms. The van der Waals surface area contributed by atoms with Gasteiger partial charge in [0.05, 0.1) is 5.56 Å². The highest BCUT2D eigenvalue weighted by molar-refractivity contribution is 9.10. The summed E-state index contributed by atoms with van der Waals surface area (Å²) in [6, 6.07) is 19.7. The van der Waals surface area contributed by atoms with Gasteiger partial charge in [-0.15, -0.1) is 0 Å². The second-order valence-electron chi connectivity index (χ2n) is 5.81. The molecule has 0 heterocycles. The number of carbonyl (C=O) groups is 1. The Labute approximate surface area is 169 Å². The van der Waals surface area contributed by atoms with Gasteiger partial charge in [0.1, 0.15) is 18.2 Å². The monoisotopic (exact) mass is 442 g/mol. The number of carbonyl (C=O) groups excluding carboxylic acids is 1. The molecule has 28 heavy (non-hydrogen) atoms. The van der Waals surface area contributed by atoms with E-state index in [2.05, 4.69) is 21.1 Å². The number of benzene rings is 3. The Morgan fingerprint density at radius 2 is 1.71 bits per heavy atom. The minimum Gasteiger partial charge on any atom is -0.489 e. The fourth-order valence-corrected chi connectivity index (χ4v) is 2.57. The summed E-state index contributed by atoms with van der Waals surface area (Å²) in [4.78, 5) is 17.1. The minimum absolute atomic E-state index is 0.0249. The molecule has 142 valence electrons. The predicted octanol–water partition coefficient (Wildman–Crippen LogP) is 4.64. The molecule has 0 aliphatic carbocycles. The van der Waals surface area contributed by atoms with Crippen LogP contribution in [0.2, 0.25) is 0 Å². The number of amidine groups is 1. The van der Waals surface area contributed by atoms with Gasteiger partial charge in [-0.3, -0.25) is 0 Å². The summed E-state index contributed by atoms with van der Waals surface area (Å²) in [6.45, 7) is 0.295. The molecule has 0 aromatic heterocycles. The SMILES string of the molecule is N/C(=N\OC(=O)c1cccc(COc2ccc(Br)cc2)c1)c1ccc(F)cc1. The lowest BCUT2D eigenvalue weighted by atomic mass is 10.1. The molecule has 0 aliphatic heterocycles. The number of nitrogens with zero attached hydrogens (tertiary/aromatic N) is 1. The molecule has 0 fully saturated rings. The largest absolute Gasteiger partial charge is 0.489 e. The third-order valence-electron chi connectivity index (χ3n) is 3.75. The molecular formula is C21H16BrFN2O3. The van der Waals surface area contributed by atoms with Crippen molar-refractivity contribution in [2.75, 3.05) is 0 Å². The molecule has 0 saturated heterocycles. The van der Waals surface area contributed by atoms with Gasteiger partial charge in [0.25, 0.3) is 0 Å². The first-order chi connectivity index (χ1) is 13.5. The Kier molecular flexibility index (Phi) is 6.39. The van der Waals surface area contributed by atoms with E-state index in [9.17, 15) is 9.18 Å². The van der Waals surface area contributed by atoms with Crippen molar-refractivity contribution in [3.8, 4) is 5.75 Å². The van der Waals surface area contributed by atoms with Gasteiger partial charge in [-0.25, -0.2) is 9.18 Å². The molecule has 3 rings (SSSR count). The Morgan fingerprint density at radius 1 is 1.00 bits per heavy atom. The Morgan fingerprint density at radius 3 is 2.43 bits per heavy atom. The zero-order chi connectivity index (χ0) is 19.9. The molecule has 3 aromatic rings. The maximum absolute atomic E-state index is 12.9. The van der Waals surface area contributed by atoms with Gasteiger partial charge >= 0.3 is 5.97 Å². The Balaban J connectivity index is 1.62. The summed E-state index contributed by atoms with van der Waals surface area (Å²) in [5, 5.41) is 3.62. The summed E-state index contributed by atoms with van der Waals surface area (Å²) in [5.41, 5.74) is 7.31. The topological polar surface area (TPSA) is 73.9 Å². The lowest BCUT2D eigenvalue weighted by Crippen LogP contribution is -2.15. The van der Waals surface area contributed by atoms with Crippen LogP contribution in [-0.4, -0.2) is 11.8 Å². The molecule has 0 atom stereocenters. The molecule has 7 heteroatoms. The molecule has 0 bridgehead atoms. The van der Waals surface area contributed by atoms with Crippen molar-refractivity contribution < 1.29 is 18.8 Å². The zero-order valence-electron chi connectivity index (χ0n) is 14.6. The highest BCUT2D eigenvalue weighted by atomic mass is 79.9. The molecule has 3 aromatic carbocycles. The molecule has 0 radical (unpaired) electrons. The van der Waals surface area contributed by atoms with Crippen LogP contribution in [0.3, 0.4) is 0 Å². The first kappa shape index (κ1) is 19.6. The van der Waals surface area contributed by atoms with Gasteiger partial charge in [-0.2, -0.15) is 0 Å². The normalized spacial score (nSPS) is 11.1. The van der Waals surface area contributed by atoms with Gasteiger partial charge in [0.2, 0.25) is 0 Å². The summed E-state index contributed by atoms with van der Waals surface area (Å²) < 4.78 is 19.6. The lowest BCUT2D eigenvalue weighted by Gasteiger charge is -2.07. The van der Waals surface area contributed by atoms with Crippen molar-refractivity contribution in [2.45, 2.75) is 6.61 Å². The summed E-state index contributed by atoms with van der Waals surface area (Å²) >= 11 is 3.37. The van der Waals surface area contributed by atoms with Gasteiger partial charge in [0.15, 0.2) is 5.84 Å². The van der Waals surface area contributed by atoms with Crippen LogP contribution < -0.4 is 10.5 Å². The highest BCUT2D eigenvalue weighted by Gasteiger charge is 2.09. The van der Waals surface area contributed by atoms with E-state index in [4.69, 9.17) is 15.3 Å². The van der Waals surface area contributed by atoms with Crippen molar-refractivity contribution in [3.63, 3.8) is 0 Å². The maximum Gasteiger partial charge on any atom is 0.365 e. The predicted molar refractivity (Wildman–Crippen MR) is 107 cm³/mol. The third-order valence-corrected chi connectivity index (χ3v) is 4.28. The lowest BCUT2D eigenvalue weighted by molar-refractivity contribution is 0.0516. The smallest absolute Gasteiger partial charge is 0.365 e. The van der Waals surface area contributed by atoms with E-state index in [1.807, 2.05) is 30.3 Å². The average Bonchev–Trinajstić information content (AvgIpc) is 2.72. The van der Waals surface area contributed by atoms with Crippen LogP contribution in [0, 0.1) is 5.82 Å². The molecule has 0 aliphatic rings. The van der Waals surface area contributed by atoms with E-state index in [0.717, 1.165) is 10.0 Å². The van der Waals surface area contributed by atoms with Crippen molar-refractivity contribution in [3.05, 3.63) is 99.8 Å². The van der Waals surface area contributed by atoms with Crippen LogP contribution in [0.1, 0.15) is 21.5 Å². The van der Waals surface area contributed by atoms with Gasteiger partial charge in [-0.05, 0) is 66.2 Å². The van der Waals surface area contributed by atoms with E-state index in [-0.39, 0.29) is 5.84 Å². The van der Waals surface area contributed by atoms with Gasteiger partial charge in [-0.1, -0.05) is 33.2 Å². The van der Waals surface area contributed by atoms with Crippen LogP contribution in [0.25, 0.3) is 0 Å². The number of hydrogen-bond donors (Lipinski definition) is 1. The van der Waals surface area contributed by atoms with E-state index in [1.165, 1.54) is 24.3 Å². The molecule has 0 saturated carbocycles. The molecular weight excluding hydrogens is 427 g/mol. The van der Waals surface area contributed by atoms with Gasteiger partial charge in [0, 0.05) is 10.0 Å². The molecule has 5 nitrogen and oxygen atoms in total. The Bertz CT molecular complexity index is 989. The number of ether oxygens (including phenoxy) is 1. The van der Waals surface area contributed by atoms with Crippen LogP contribution >= 0.6 is 15.9 Å². The fourth-order valence-electron chi connectivity index (χ4n) is 2.30. The molecule has 2 N–H and O–H groups in total. The van der Waals surface area contributed by atoms with Crippen molar-refractivity contribution in [1.29, 1.82) is 0 Å². The van der Waals surface area contributed by atoms with E-state index >= 15 is 0 Å². The number of oxime groups is 1. The van der Waals surface area contributed by atoms with E-state index < -0.39 is 11.8 Å². The zero-order valence-corrected chi connectivity index (χ0v) is 16.2. The third kappa shape index (κ3) is 5.40. The molecule has 0 unspecified atom stereocenters. The number of halogens is 2. The highest BCUT2D eigenvalue weighted by Crippen LogP contribution is 2.18. The van der Waals surface area contributed by atoms with Gasteiger partial charge < -0.3 is 15.3 Å². The second-order valence-corrected chi connectivity index (χ2v) is 6.72. The second kappa shape index (κ2) is 9.14. The van der Waals surface area contributed by atoms with Crippen LogP contribution in [0.15, 0.2) is 82.4 Å². The standard InChI is InChI=1S/C21H16BrFN2O3/c22-17-6-10-19(11-7-17)27-13-14-2-1-3-16(12-14)21(26)28-25-20(24)15-4-8-18(23)9-5-15/h1-12H,13H2,(H2,24,25). The summed E-state index contributed by atoms with van der Waals surface area (Å²) in [7, 11) is 0. The first-order valence-electron chi connectivity index (χ1n) is 8.29.